The van der Waals surface area contributed by atoms with Crippen molar-refractivity contribution in [3.8, 4) is 11.8 Å². The summed E-state index contributed by atoms with van der Waals surface area (Å²) >= 11 is 0. The predicted molar refractivity (Wildman–Crippen MR) is 91.1 cm³/mol. The third kappa shape index (κ3) is 5.04. The summed E-state index contributed by atoms with van der Waals surface area (Å²) < 4.78 is 0. The first-order chi connectivity index (χ1) is 11.1. The maximum absolute atomic E-state index is 12.4. The van der Waals surface area contributed by atoms with Gasteiger partial charge in [-0.15, -0.1) is 5.92 Å². The van der Waals surface area contributed by atoms with E-state index in [2.05, 4.69) is 38.9 Å². The number of nitrogens with zero attached hydrogens (tertiary/aromatic N) is 3. The van der Waals surface area contributed by atoms with E-state index in [-0.39, 0.29) is 5.91 Å². The predicted octanol–water partition coefficient (Wildman–Crippen LogP) is 1.95. The lowest BCUT2D eigenvalue weighted by atomic mass is 9.98. The molecule has 0 aliphatic carbocycles. The van der Waals surface area contributed by atoms with Crippen LogP contribution in [0.2, 0.25) is 0 Å². The van der Waals surface area contributed by atoms with Gasteiger partial charge in [-0.25, -0.2) is 9.97 Å². The highest BCUT2D eigenvalue weighted by atomic mass is 16.1. The normalized spacial score (nSPS) is 18.1. The SMILES string of the molecule is CCC#CCN1CCCC(CNC(=O)c2c(C)ncnc2C)C1. The molecule has 124 valence electrons. The smallest absolute Gasteiger partial charge is 0.254 e. The highest BCUT2D eigenvalue weighted by molar-refractivity contribution is 5.96. The van der Waals surface area contributed by atoms with Gasteiger partial charge in [0.25, 0.3) is 5.91 Å². The van der Waals surface area contributed by atoms with Crippen molar-refractivity contribution in [1.29, 1.82) is 0 Å². The highest BCUT2D eigenvalue weighted by Crippen LogP contribution is 2.16. The van der Waals surface area contributed by atoms with Gasteiger partial charge in [0.2, 0.25) is 0 Å². The molecule has 23 heavy (non-hydrogen) atoms. The molecule has 0 aromatic carbocycles. The average molecular weight is 314 g/mol. The largest absolute Gasteiger partial charge is 0.352 e. The summed E-state index contributed by atoms with van der Waals surface area (Å²) in [6.07, 6.45) is 4.73. The van der Waals surface area contributed by atoms with E-state index >= 15 is 0 Å². The minimum Gasteiger partial charge on any atom is -0.352 e. The van der Waals surface area contributed by atoms with E-state index in [1.165, 1.54) is 12.7 Å². The molecular weight excluding hydrogens is 288 g/mol. The molecule has 5 heteroatoms. The first kappa shape index (κ1) is 17.4. The van der Waals surface area contributed by atoms with E-state index in [4.69, 9.17) is 0 Å². The third-order valence-corrected chi connectivity index (χ3v) is 4.21. The average Bonchev–Trinajstić information content (AvgIpc) is 2.53. The molecule has 2 heterocycles. The van der Waals surface area contributed by atoms with Gasteiger partial charge in [-0.2, -0.15) is 0 Å². The quantitative estimate of drug-likeness (QED) is 0.863. The van der Waals surface area contributed by atoms with E-state index < -0.39 is 0 Å². The van der Waals surface area contributed by atoms with Gasteiger partial charge in [-0.05, 0) is 39.2 Å². The zero-order valence-electron chi connectivity index (χ0n) is 14.4. The summed E-state index contributed by atoms with van der Waals surface area (Å²) in [5.74, 6) is 6.74. The maximum Gasteiger partial charge on any atom is 0.254 e. The molecule has 1 fully saturated rings. The van der Waals surface area contributed by atoms with Crippen LogP contribution >= 0.6 is 0 Å². The lowest BCUT2D eigenvalue weighted by molar-refractivity contribution is 0.0933. The first-order valence-corrected chi connectivity index (χ1v) is 8.36. The number of amides is 1. The molecule has 1 aliphatic rings. The summed E-state index contributed by atoms with van der Waals surface area (Å²) in [6, 6.07) is 0. The number of hydrogen-bond donors (Lipinski definition) is 1. The molecule has 5 nitrogen and oxygen atoms in total. The monoisotopic (exact) mass is 314 g/mol. The maximum atomic E-state index is 12.4. The number of carbonyl (C=O) groups is 1. The van der Waals surface area contributed by atoms with Gasteiger partial charge >= 0.3 is 0 Å². The van der Waals surface area contributed by atoms with Crippen LogP contribution in [0.25, 0.3) is 0 Å². The molecule has 1 amide bonds. The van der Waals surface area contributed by atoms with E-state index in [9.17, 15) is 4.79 Å². The Balaban J connectivity index is 1.86. The summed E-state index contributed by atoms with van der Waals surface area (Å²) in [7, 11) is 0. The van der Waals surface area contributed by atoms with E-state index in [0.29, 0.717) is 18.0 Å². The lowest BCUT2D eigenvalue weighted by Crippen LogP contribution is -2.41. The Morgan fingerprint density at radius 3 is 2.78 bits per heavy atom. The van der Waals surface area contributed by atoms with E-state index in [0.717, 1.165) is 43.9 Å². The first-order valence-electron chi connectivity index (χ1n) is 8.36. The van der Waals surface area contributed by atoms with Crippen molar-refractivity contribution >= 4 is 5.91 Å². The molecule has 1 unspecified atom stereocenters. The fourth-order valence-corrected chi connectivity index (χ4v) is 3.00. The van der Waals surface area contributed by atoms with Crippen LogP contribution in [0.15, 0.2) is 6.33 Å². The molecule has 0 spiro atoms. The van der Waals surface area contributed by atoms with Crippen LogP contribution in [-0.4, -0.2) is 47.0 Å². The fraction of sp³-hybridized carbons (Fsp3) is 0.611. The van der Waals surface area contributed by atoms with Gasteiger partial charge in [0.1, 0.15) is 6.33 Å². The number of carbonyl (C=O) groups excluding carboxylic acids is 1. The van der Waals surface area contributed by atoms with Crippen molar-refractivity contribution in [2.75, 3.05) is 26.2 Å². The third-order valence-electron chi connectivity index (χ3n) is 4.21. The molecule has 1 aromatic rings. The zero-order chi connectivity index (χ0) is 16.7. The second-order valence-electron chi connectivity index (χ2n) is 6.08. The molecule has 1 aliphatic heterocycles. The summed E-state index contributed by atoms with van der Waals surface area (Å²) in [5.41, 5.74) is 2.07. The summed E-state index contributed by atoms with van der Waals surface area (Å²) in [5, 5.41) is 3.06. The highest BCUT2D eigenvalue weighted by Gasteiger charge is 2.21. The van der Waals surface area contributed by atoms with Gasteiger partial charge in [-0.1, -0.05) is 12.8 Å². The molecule has 2 rings (SSSR count). The molecule has 1 atom stereocenters. The Hall–Kier alpha value is -1.93. The zero-order valence-corrected chi connectivity index (χ0v) is 14.4. The van der Waals surface area contributed by atoms with E-state index in [1.54, 1.807) is 0 Å². The van der Waals surface area contributed by atoms with Crippen molar-refractivity contribution < 1.29 is 4.79 Å². The number of piperidine rings is 1. The van der Waals surface area contributed by atoms with Crippen LogP contribution < -0.4 is 5.32 Å². The Labute approximate surface area is 138 Å². The summed E-state index contributed by atoms with van der Waals surface area (Å²) in [4.78, 5) is 23.0. The van der Waals surface area contributed by atoms with Gasteiger partial charge in [0, 0.05) is 19.5 Å². The van der Waals surface area contributed by atoms with Gasteiger partial charge < -0.3 is 5.32 Å². The van der Waals surface area contributed by atoms with Crippen molar-refractivity contribution in [3.05, 3.63) is 23.3 Å². The van der Waals surface area contributed by atoms with Crippen LogP contribution in [0.1, 0.15) is 47.9 Å². The lowest BCUT2D eigenvalue weighted by Gasteiger charge is -2.31. The number of aromatic nitrogens is 2. The molecule has 0 radical (unpaired) electrons. The number of aryl methyl sites for hydroxylation is 2. The van der Waals surface area contributed by atoms with Crippen molar-refractivity contribution in [1.82, 2.24) is 20.2 Å². The van der Waals surface area contributed by atoms with Crippen molar-refractivity contribution in [2.45, 2.75) is 40.0 Å². The Morgan fingerprint density at radius 1 is 1.35 bits per heavy atom. The van der Waals surface area contributed by atoms with Crippen LogP contribution in [0.5, 0.6) is 0 Å². The van der Waals surface area contributed by atoms with Crippen molar-refractivity contribution in [2.24, 2.45) is 5.92 Å². The molecular formula is C18H26N4O. The number of hydrogen-bond acceptors (Lipinski definition) is 4. The van der Waals surface area contributed by atoms with Crippen LogP contribution in [0, 0.1) is 31.6 Å². The van der Waals surface area contributed by atoms with Crippen LogP contribution in [0.4, 0.5) is 0 Å². The topological polar surface area (TPSA) is 58.1 Å². The molecule has 1 aromatic heterocycles. The minimum atomic E-state index is -0.0662. The Morgan fingerprint density at radius 2 is 2.09 bits per heavy atom. The van der Waals surface area contributed by atoms with Crippen LogP contribution in [-0.2, 0) is 0 Å². The molecule has 1 saturated heterocycles. The second-order valence-corrected chi connectivity index (χ2v) is 6.08. The summed E-state index contributed by atoms with van der Waals surface area (Å²) in [6.45, 7) is 9.40. The standard InChI is InChI=1S/C18H26N4O/c1-4-5-6-9-22-10-7-8-16(12-22)11-19-18(23)17-14(2)20-13-21-15(17)3/h13,16H,4,7-12H2,1-3H3,(H,19,23). The molecule has 0 saturated carbocycles. The second kappa shape index (κ2) is 8.64. The molecule has 1 N–H and O–H groups in total. The van der Waals surface area contributed by atoms with Crippen LogP contribution in [0.3, 0.4) is 0 Å². The number of nitrogens with one attached hydrogen (secondary N) is 1. The van der Waals surface area contributed by atoms with Crippen molar-refractivity contribution in [3.63, 3.8) is 0 Å². The van der Waals surface area contributed by atoms with Gasteiger partial charge in [-0.3, -0.25) is 9.69 Å². The van der Waals surface area contributed by atoms with E-state index in [1.807, 2.05) is 13.8 Å². The fourth-order valence-electron chi connectivity index (χ4n) is 3.00. The Kier molecular flexibility index (Phi) is 6.54. The van der Waals surface area contributed by atoms with Gasteiger partial charge in [0.15, 0.2) is 0 Å². The van der Waals surface area contributed by atoms with Gasteiger partial charge in [0.05, 0.1) is 23.5 Å². The number of rotatable bonds is 4. The molecule has 0 bridgehead atoms. The number of likely N-dealkylation sites (tertiary alicyclic amines) is 1. The minimum absolute atomic E-state index is 0.0662. The Bertz CT molecular complexity index is 583.